The van der Waals surface area contributed by atoms with Crippen LogP contribution in [-0.2, 0) is 6.54 Å². The van der Waals surface area contributed by atoms with Crippen molar-refractivity contribution >= 4 is 17.3 Å². The standard InChI is InChI=1S/C16H20N2O2S/c1-3-18(10-13-7-5-4-6-8-13)9-12(2)15-17-14(11-21-15)16(19)20/h4-8,11-12H,3,9-10H2,1-2H3,(H,19,20). The summed E-state index contributed by atoms with van der Waals surface area (Å²) in [7, 11) is 0. The van der Waals surface area contributed by atoms with Crippen molar-refractivity contribution in [2.45, 2.75) is 26.3 Å². The summed E-state index contributed by atoms with van der Waals surface area (Å²) in [5.41, 5.74) is 1.44. The van der Waals surface area contributed by atoms with Crippen LogP contribution in [0.1, 0.15) is 40.8 Å². The van der Waals surface area contributed by atoms with Crippen LogP contribution in [0.4, 0.5) is 0 Å². The molecule has 0 aliphatic carbocycles. The average molecular weight is 304 g/mol. The number of benzene rings is 1. The molecule has 0 bridgehead atoms. The number of hydrogen-bond acceptors (Lipinski definition) is 4. The van der Waals surface area contributed by atoms with Crippen molar-refractivity contribution in [1.82, 2.24) is 9.88 Å². The van der Waals surface area contributed by atoms with E-state index in [1.807, 2.05) is 18.2 Å². The first-order chi connectivity index (χ1) is 10.1. The van der Waals surface area contributed by atoms with Crippen molar-refractivity contribution in [3.8, 4) is 0 Å². The van der Waals surface area contributed by atoms with Gasteiger partial charge < -0.3 is 5.11 Å². The fraction of sp³-hybridized carbons (Fsp3) is 0.375. The van der Waals surface area contributed by atoms with E-state index in [4.69, 9.17) is 5.11 Å². The van der Waals surface area contributed by atoms with E-state index in [1.165, 1.54) is 16.9 Å². The molecule has 0 fully saturated rings. The highest BCUT2D eigenvalue weighted by Gasteiger charge is 2.16. The first kappa shape index (κ1) is 15.7. The van der Waals surface area contributed by atoms with Gasteiger partial charge in [0.2, 0.25) is 0 Å². The van der Waals surface area contributed by atoms with E-state index < -0.39 is 5.97 Å². The van der Waals surface area contributed by atoms with Gasteiger partial charge in [-0.2, -0.15) is 0 Å². The summed E-state index contributed by atoms with van der Waals surface area (Å²) < 4.78 is 0. The van der Waals surface area contributed by atoms with Crippen molar-refractivity contribution in [3.63, 3.8) is 0 Å². The highest BCUT2D eigenvalue weighted by molar-refractivity contribution is 7.09. The molecule has 4 nitrogen and oxygen atoms in total. The molecule has 0 aliphatic heterocycles. The molecule has 5 heteroatoms. The van der Waals surface area contributed by atoms with Crippen LogP contribution in [0.3, 0.4) is 0 Å². The lowest BCUT2D eigenvalue weighted by molar-refractivity contribution is 0.0691. The molecule has 0 saturated carbocycles. The van der Waals surface area contributed by atoms with Crippen LogP contribution >= 0.6 is 11.3 Å². The van der Waals surface area contributed by atoms with Crippen LogP contribution in [0.25, 0.3) is 0 Å². The minimum Gasteiger partial charge on any atom is -0.476 e. The fourth-order valence-electron chi connectivity index (χ4n) is 2.22. The number of thiazole rings is 1. The Kier molecular flexibility index (Phi) is 5.47. The number of carbonyl (C=O) groups is 1. The third-order valence-corrected chi connectivity index (χ3v) is 4.47. The lowest BCUT2D eigenvalue weighted by atomic mass is 10.1. The molecular formula is C16H20N2O2S. The first-order valence-electron chi connectivity index (χ1n) is 7.05. The fourth-order valence-corrected chi connectivity index (χ4v) is 3.07. The van der Waals surface area contributed by atoms with Crippen molar-refractivity contribution in [3.05, 3.63) is 52.0 Å². The molecule has 2 rings (SSSR count). The number of likely N-dealkylation sites (N-methyl/N-ethyl adjacent to an activating group) is 1. The maximum Gasteiger partial charge on any atom is 0.355 e. The number of aromatic carboxylic acids is 1. The molecule has 0 spiro atoms. The molecule has 0 amide bonds. The Bertz CT molecular complexity index is 583. The summed E-state index contributed by atoms with van der Waals surface area (Å²) in [5.74, 6) is -0.729. The summed E-state index contributed by atoms with van der Waals surface area (Å²) in [6.07, 6.45) is 0. The van der Waals surface area contributed by atoms with Crippen LogP contribution in [-0.4, -0.2) is 34.0 Å². The Morgan fingerprint density at radius 1 is 1.38 bits per heavy atom. The topological polar surface area (TPSA) is 53.4 Å². The summed E-state index contributed by atoms with van der Waals surface area (Å²) in [5, 5.41) is 11.4. The molecule has 1 atom stereocenters. The van der Waals surface area contributed by atoms with Gasteiger partial charge in [-0.05, 0) is 12.1 Å². The highest BCUT2D eigenvalue weighted by atomic mass is 32.1. The predicted octanol–water partition coefficient (Wildman–Crippen LogP) is 3.47. The van der Waals surface area contributed by atoms with Crippen molar-refractivity contribution < 1.29 is 9.90 Å². The lowest BCUT2D eigenvalue weighted by Gasteiger charge is -2.23. The molecule has 0 saturated heterocycles. The molecule has 112 valence electrons. The van der Waals surface area contributed by atoms with Crippen LogP contribution in [0, 0.1) is 0 Å². The molecule has 21 heavy (non-hydrogen) atoms. The number of hydrogen-bond donors (Lipinski definition) is 1. The van der Waals surface area contributed by atoms with Crippen LogP contribution < -0.4 is 0 Å². The van der Waals surface area contributed by atoms with Gasteiger partial charge >= 0.3 is 5.97 Å². The normalized spacial score (nSPS) is 12.5. The molecule has 0 aliphatic rings. The predicted molar refractivity (Wildman–Crippen MR) is 84.9 cm³/mol. The molecule has 0 radical (unpaired) electrons. The summed E-state index contributed by atoms with van der Waals surface area (Å²) in [6, 6.07) is 10.4. The average Bonchev–Trinajstić information content (AvgIpc) is 2.97. The van der Waals surface area contributed by atoms with Crippen LogP contribution in [0.2, 0.25) is 0 Å². The zero-order chi connectivity index (χ0) is 15.2. The van der Waals surface area contributed by atoms with E-state index in [2.05, 4.69) is 35.9 Å². The van der Waals surface area contributed by atoms with E-state index in [-0.39, 0.29) is 11.6 Å². The van der Waals surface area contributed by atoms with Gasteiger partial charge in [-0.25, -0.2) is 9.78 Å². The van der Waals surface area contributed by atoms with E-state index in [1.54, 1.807) is 5.38 Å². The molecule has 1 N–H and O–H groups in total. The first-order valence-corrected chi connectivity index (χ1v) is 7.93. The third kappa shape index (κ3) is 4.37. The van der Waals surface area contributed by atoms with E-state index in [9.17, 15) is 4.79 Å². The summed E-state index contributed by atoms with van der Waals surface area (Å²) >= 11 is 1.43. The van der Waals surface area contributed by atoms with Gasteiger partial charge in [-0.1, -0.05) is 44.2 Å². The second-order valence-corrected chi connectivity index (χ2v) is 5.98. The monoisotopic (exact) mass is 304 g/mol. The summed E-state index contributed by atoms with van der Waals surface area (Å²) in [6.45, 7) is 6.96. The van der Waals surface area contributed by atoms with E-state index in [0.29, 0.717) is 0 Å². The van der Waals surface area contributed by atoms with Crippen LogP contribution in [0.5, 0.6) is 0 Å². The minimum atomic E-state index is -0.957. The number of aromatic nitrogens is 1. The second-order valence-electron chi connectivity index (χ2n) is 5.09. The zero-order valence-electron chi connectivity index (χ0n) is 12.3. The van der Waals surface area contributed by atoms with E-state index in [0.717, 1.165) is 24.6 Å². The highest BCUT2D eigenvalue weighted by Crippen LogP contribution is 2.22. The van der Waals surface area contributed by atoms with E-state index >= 15 is 0 Å². The van der Waals surface area contributed by atoms with Crippen molar-refractivity contribution in [2.75, 3.05) is 13.1 Å². The van der Waals surface area contributed by atoms with Gasteiger partial charge in [0.25, 0.3) is 0 Å². The maximum atomic E-state index is 10.9. The molecule has 1 unspecified atom stereocenters. The number of carboxylic acids is 1. The zero-order valence-corrected chi connectivity index (χ0v) is 13.1. The second kappa shape index (κ2) is 7.33. The Hall–Kier alpha value is -1.72. The van der Waals surface area contributed by atoms with Gasteiger partial charge in [0.15, 0.2) is 5.69 Å². The van der Waals surface area contributed by atoms with Gasteiger partial charge in [0.1, 0.15) is 0 Å². The molecular weight excluding hydrogens is 284 g/mol. The van der Waals surface area contributed by atoms with Gasteiger partial charge in [0, 0.05) is 24.4 Å². The minimum absolute atomic E-state index is 0.146. The molecule has 1 aromatic carbocycles. The largest absolute Gasteiger partial charge is 0.476 e. The van der Waals surface area contributed by atoms with Crippen LogP contribution in [0.15, 0.2) is 35.7 Å². The molecule has 1 heterocycles. The SMILES string of the molecule is CCN(Cc1ccccc1)CC(C)c1nc(C(=O)O)cs1. The summed E-state index contributed by atoms with van der Waals surface area (Å²) in [4.78, 5) is 17.4. The Labute approximate surface area is 129 Å². The number of rotatable bonds is 7. The molecule has 2 aromatic rings. The molecule has 1 aromatic heterocycles. The lowest BCUT2D eigenvalue weighted by Crippen LogP contribution is -2.27. The Morgan fingerprint density at radius 3 is 2.67 bits per heavy atom. The Morgan fingerprint density at radius 2 is 2.10 bits per heavy atom. The number of carboxylic acid groups (broad SMARTS) is 1. The van der Waals surface area contributed by atoms with Gasteiger partial charge in [-0.3, -0.25) is 4.90 Å². The third-order valence-electron chi connectivity index (χ3n) is 3.39. The van der Waals surface area contributed by atoms with Crippen molar-refractivity contribution in [1.29, 1.82) is 0 Å². The Balaban J connectivity index is 1.98. The smallest absolute Gasteiger partial charge is 0.355 e. The van der Waals surface area contributed by atoms with Gasteiger partial charge in [0.05, 0.1) is 5.01 Å². The van der Waals surface area contributed by atoms with Gasteiger partial charge in [-0.15, -0.1) is 11.3 Å². The number of nitrogens with zero attached hydrogens (tertiary/aromatic N) is 2. The van der Waals surface area contributed by atoms with Crippen molar-refractivity contribution in [2.24, 2.45) is 0 Å². The maximum absolute atomic E-state index is 10.9. The quantitative estimate of drug-likeness (QED) is 0.851.